The molecule has 2 aromatic rings. The van der Waals surface area contributed by atoms with Crippen LogP contribution in [0.1, 0.15) is 34.3 Å². The highest BCUT2D eigenvalue weighted by molar-refractivity contribution is 5.94. The minimum absolute atomic E-state index is 0.0652. The molecule has 2 aromatic carbocycles. The molecule has 1 atom stereocenters. The van der Waals surface area contributed by atoms with Crippen LogP contribution in [0.5, 0.6) is 5.75 Å². The Kier molecular flexibility index (Phi) is 7.11. The normalized spacial score (nSPS) is 16.2. The number of ether oxygens (including phenoxy) is 1. The van der Waals surface area contributed by atoms with Gasteiger partial charge < -0.3 is 20.3 Å². The number of urea groups is 1. The number of benzene rings is 2. The molecule has 0 spiro atoms. The number of hydrogen-bond acceptors (Lipinski definition) is 3. The summed E-state index contributed by atoms with van der Waals surface area (Å²) in [6.45, 7) is 4.43. The molecule has 154 valence electrons. The van der Waals surface area contributed by atoms with E-state index >= 15 is 0 Å². The summed E-state index contributed by atoms with van der Waals surface area (Å²) in [5.41, 5.74) is 2.79. The van der Waals surface area contributed by atoms with Crippen LogP contribution in [-0.2, 0) is 6.54 Å². The van der Waals surface area contributed by atoms with E-state index in [0.29, 0.717) is 25.2 Å². The molecular formula is C23H29N3O3. The van der Waals surface area contributed by atoms with Gasteiger partial charge in [-0.2, -0.15) is 0 Å². The van der Waals surface area contributed by atoms with Gasteiger partial charge in [0.1, 0.15) is 5.75 Å². The molecule has 6 nitrogen and oxygen atoms in total. The van der Waals surface area contributed by atoms with Gasteiger partial charge in [-0.25, -0.2) is 4.79 Å². The Morgan fingerprint density at radius 3 is 2.69 bits per heavy atom. The van der Waals surface area contributed by atoms with E-state index in [9.17, 15) is 9.59 Å². The first-order chi connectivity index (χ1) is 14.0. The van der Waals surface area contributed by atoms with Crippen molar-refractivity contribution in [2.24, 2.45) is 5.92 Å². The molecule has 0 aliphatic carbocycles. The molecule has 0 saturated carbocycles. The number of carbonyl (C=O) groups excluding carboxylic acids is 2. The number of methoxy groups -OCH3 is 1. The van der Waals surface area contributed by atoms with Gasteiger partial charge in [-0.15, -0.1) is 0 Å². The Balaban J connectivity index is 1.46. The first kappa shape index (κ1) is 20.7. The molecule has 0 bridgehead atoms. The van der Waals surface area contributed by atoms with E-state index in [1.54, 1.807) is 7.11 Å². The van der Waals surface area contributed by atoms with Crippen LogP contribution in [-0.4, -0.2) is 43.6 Å². The second kappa shape index (κ2) is 9.96. The van der Waals surface area contributed by atoms with Crippen molar-refractivity contribution >= 4 is 11.9 Å². The van der Waals surface area contributed by atoms with Crippen LogP contribution in [0.25, 0.3) is 0 Å². The van der Waals surface area contributed by atoms with Crippen molar-refractivity contribution in [1.82, 2.24) is 15.5 Å². The van der Waals surface area contributed by atoms with Crippen LogP contribution >= 0.6 is 0 Å². The Labute approximate surface area is 172 Å². The molecule has 3 rings (SSSR count). The summed E-state index contributed by atoms with van der Waals surface area (Å²) in [6, 6.07) is 15.1. The lowest BCUT2D eigenvalue weighted by Crippen LogP contribution is -2.47. The van der Waals surface area contributed by atoms with Crippen LogP contribution in [0.3, 0.4) is 0 Å². The average Bonchev–Trinajstić information content (AvgIpc) is 2.76. The van der Waals surface area contributed by atoms with Crippen LogP contribution in [0.2, 0.25) is 0 Å². The Bertz CT molecular complexity index is 836. The highest BCUT2D eigenvalue weighted by Gasteiger charge is 2.24. The van der Waals surface area contributed by atoms with Crippen molar-refractivity contribution in [3.63, 3.8) is 0 Å². The Hall–Kier alpha value is -3.02. The highest BCUT2D eigenvalue weighted by atomic mass is 16.5. The lowest BCUT2D eigenvalue weighted by atomic mass is 9.98. The number of nitrogens with zero attached hydrogens (tertiary/aromatic N) is 1. The minimum atomic E-state index is -0.0672. The third-order valence-electron chi connectivity index (χ3n) is 5.25. The van der Waals surface area contributed by atoms with Crippen LogP contribution < -0.4 is 15.4 Å². The van der Waals surface area contributed by atoms with Gasteiger partial charge in [0.25, 0.3) is 5.91 Å². The van der Waals surface area contributed by atoms with Crippen molar-refractivity contribution in [2.45, 2.75) is 26.3 Å². The van der Waals surface area contributed by atoms with E-state index in [0.717, 1.165) is 36.3 Å². The van der Waals surface area contributed by atoms with E-state index < -0.39 is 0 Å². The highest BCUT2D eigenvalue weighted by Crippen LogP contribution is 2.17. The monoisotopic (exact) mass is 395 g/mol. The van der Waals surface area contributed by atoms with E-state index in [2.05, 4.69) is 10.6 Å². The number of rotatable bonds is 6. The molecule has 6 heteroatoms. The lowest BCUT2D eigenvalue weighted by molar-refractivity contribution is 0.0937. The number of aryl methyl sites for hydroxylation is 1. The summed E-state index contributed by atoms with van der Waals surface area (Å²) < 4.78 is 5.22. The predicted octanol–water partition coefficient (Wildman–Crippen LogP) is 3.36. The topological polar surface area (TPSA) is 70.7 Å². The summed E-state index contributed by atoms with van der Waals surface area (Å²) in [4.78, 5) is 26.7. The SMILES string of the molecule is COc1cccc(CNC(=O)N2CCCC(CNC(=O)c3ccc(C)cc3)C2)c1. The van der Waals surface area contributed by atoms with E-state index in [1.807, 2.05) is 60.4 Å². The van der Waals surface area contributed by atoms with Gasteiger partial charge >= 0.3 is 6.03 Å². The number of likely N-dealkylation sites (tertiary alicyclic amines) is 1. The van der Waals surface area contributed by atoms with Crippen molar-refractivity contribution < 1.29 is 14.3 Å². The van der Waals surface area contributed by atoms with Gasteiger partial charge in [0.2, 0.25) is 0 Å². The molecule has 1 aliphatic heterocycles. The molecule has 1 unspecified atom stereocenters. The molecule has 0 radical (unpaired) electrons. The van der Waals surface area contributed by atoms with Crippen molar-refractivity contribution in [1.29, 1.82) is 0 Å². The van der Waals surface area contributed by atoms with Gasteiger partial charge in [0.15, 0.2) is 0 Å². The largest absolute Gasteiger partial charge is 0.497 e. The fraction of sp³-hybridized carbons (Fsp3) is 0.391. The van der Waals surface area contributed by atoms with Gasteiger partial charge in [0, 0.05) is 31.7 Å². The molecule has 1 aliphatic rings. The zero-order valence-corrected chi connectivity index (χ0v) is 17.1. The maximum Gasteiger partial charge on any atom is 0.317 e. The van der Waals surface area contributed by atoms with Crippen LogP contribution in [0, 0.1) is 12.8 Å². The third-order valence-corrected chi connectivity index (χ3v) is 5.25. The zero-order valence-electron chi connectivity index (χ0n) is 17.1. The molecular weight excluding hydrogens is 366 g/mol. The molecule has 29 heavy (non-hydrogen) atoms. The first-order valence-electron chi connectivity index (χ1n) is 10.1. The summed E-state index contributed by atoms with van der Waals surface area (Å²) in [7, 11) is 1.63. The zero-order chi connectivity index (χ0) is 20.6. The van der Waals surface area contributed by atoms with E-state index in [4.69, 9.17) is 4.74 Å². The Morgan fingerprint density at radius 1 is 1.14 bits per heavy atom. The average molecular weight is 396 g/mol. The molecule has 3 amide bonds. The van der Waals surface area contributed by atoms with E-state index in [1.165, 1.54) is 0 Å². The molecule has 2 N–H and O–H groups in total. The Morgan fingerprint density at radius 2 is 1.93 bits per heavy atom. The lowest BCUT2D eigenvalue weighted by Gasteiger charge is -2.33. The number of carbonyl (C=O) groups is 2. The first-order valence-corrected chi connectivity index (χ1v) is 10.1. The summed E-state index contributed by atoms with van der Waals surface area (Å²) >= 11 is 0. The second-order valence-corrected chi connectivity index (χ2v) is 7.54. The fourth-order valence-corrected chi connectivity index (χ4v) is 3.53. The molecule has 1 heterocycles. The number of nitrogens with one attached hydrogen (secondary N) is 2. The number of hydrogen-bond donors (Lipinski definition) is 2. The number of amides is 3. The summed E-state index contributed by atoms with van der Waals surface area (Å²) in [6.07, 6.45) is 1.95. The number of piperidine rings is 1. The smallest absolute Gasteiger partial charge is 0.317 e. The van der Waals surface area contributed by atoms with Crippen LogP contribution in [0.15, 0.2) is 48.5 Å². The second-order valence-electron chi connectivity index (χ2n) is 7.54. The van der Waals surface area contributed by atoms with Gasteiger partial charge in [-0.1, -0.05) is 29.8 Å². The summed E-state index contributed by atoms with van der Waals surface area (Å²) in [5, 5.41) is 5.99. The van der Waals surface area contributed by atoms with Crippen LogP contribution in [0.4, 0.5) is 4.79 Å². The maximum absolute atomic E-state index is 12.6. The van der Waals surface area contributed by atoms with Crippen molar-refractivity contribution in [3.8, 4) is 5.75 Å². The minimum Gasteiger partial charge on any atom is -0.497 e. The third kappa shape index (κ3) is 5.98. The predicted molar refractivity (Wildman–Crippen MR) is 113 cm³/mol. The van der Waals surface area contributed by atoms with Crippen molar-refractivity contribution in [2.75, 3.05) is 26.7 Å². The standard InChI is InChI=1S/C23H29N3O3/c1-17-8-10-20(11-9-17)22(27)24-15-19-6-4-12-26(16-19)23(28)25-14-18-5-3-7-21(13-18)29-2/h3,5,7-11,13,19H,4,6,12,14-16H2,1-2H3,(H,24,27)(H,25,28). The molecule has 1 saturated heterocycles. The van der Waals surface area contributed by atoms with Gasteiger partial charge in [-0.3, -0.25) is 4.79 Å². The molecule has 1 fully saturated rings. The maximum atomic E-state index is 12.6. The molecule has 0 aromatic heterocycles. The fourth-order valence-electron chi connectivity index (χ4n) is 3.53. The van der Waals surface area contributed by atoms with Gasteiger partial charge in [0.05, 0.1) is 7.11 Å². The van der Waals surface area contributed by atoms with Crippen molar-refractivity contribution in [3.05, 3.63) is 65.2 Å². The summed E-state index contributed by atoms with van der Waals surface area (Å²) in [5.74, 6) is 0.976. The van der Waals surface area contributed by atoms with Gasteiger partial charge in [-0.05, 0) is 55.5 Å². The quantitative estimate of drug-likeness (QED) is 0.788. The van der Waals surface area contributed by atoms with E-state index in [-0.39, 0.29) is 17.9 Å².